The van der Waals surface area contributed by atoms with Gasteiger partial charge >= 0.3 is 91.8 Å². The first-order valence-corrected chi connectivity index (χ1v) is 3.58. The van der Waals surface area contributed by atoms with E-state index < -0.39 is 22.5 Å². The molecule has 12 heavy (non-hydrogen) atoms. The first-order valence-electron chi connectivity index (χ1n) is 2.21. The second kappa shape index (κ2) is 8.19. The van der Waals surface area contributed by atoms with Crippen LogP contribution in [0.25, 0.3) is 0 Å². The second-order valence-electron chi connectivity index (χ2n) is 1.50. The summed E-state index contributed by atoms with van der Waals surface area (Å²) in [5.41, 5.74) is 0. The van der Waals surface area contributed by atoms with Crippen LogP contribution in [0.1, 0.15) is 6.92 Å². The molecule has 0 saturated carbocycles. The van der Waals surface area contributed by atoms with Gasteiger partial charge in [0.15, 0.2) is 6.10 Å². The van der Waals surface area contributed by atoms with Crippen LogP contribution in [-0.2, 0) is 19.4 Å². The number of hydrogen-bond acceptors (Lipinski definition) is 4. The number of aliphatic carboxylic acids is 1. The summed E-state index contributed by atoms with van der Waals surface area (Å²) in [6.07, 6.45) is -1.56. The van der Waals surface area contributed by atoms with E-state index in [1.165, 1.54) is 0 Å². The molecule has 0 heterocycles. The number of hydrogen-bond donors (Lipinski definition) is 2. The van der Waals surface area contributed by atoms with Crippen LogP contribution < -0.4 is 0 Å². The third-order valence-electron chi connectivity index (χ3n) is 0.614. The van der Waals surface area contributed by atoms with Gasteiger partial charge in [-0.3, -0.25) is 4.55 Å². The second-order valence-corrected chi connectivity index (χ2v) is 2.55. The van der Waals surface area contributed by atoms with E-state index in [4.69, 9.17) is 9.66 Å². The van der Waals surface area contributed by atoms with Crippen molar-refractivity contribution in [3.63, 3.8) is 0 Å². The summed E-state index contributed by atoms with van der Waals surface area (Å²) in [5, 5.41) is 8.04. The first kappa shape index (κ1) is 19.4. The van der Waals surface area contributed by atoms with Crippen LogP contribution in [0.2, 0.25) is 0 Å². The zero-order valence-electron chi connectivity index (χ0n) is 5.01. The Balaban J connectivity index is -0.000000405. The fourth-order valence-corrected chi connectivity index (χ4v) is 0.671. The third kappa shape index (κ3) is 11.9. The molecule has 0 fully saturated rings. The SMILES string of the molecule is CC(OS(=O)(=O)O)C(=O)O.[CaH2].[CaH2]. The van der Waals surface area contributed by atoms with E-state index in [9.17, 15) is 13.2 Å². The molecule has 1 atom stereocenters. The summed E-state index contributed by atoms with van der Waals surface area (Å²) < 4.78 is 31.2. The van der Waals surface area contributed by atoms with Gasteiger partial charge in [0, 0.05) is 0 Å². The Labute approximate surface area is 130 Å². The van der Waals surface area contributed by atoms with Gasteiger partial charge in [0.1, 0.15) is 0 Å². The van der Waals surface area contributed by atoms with Crippen LogP contribution in [0.15, 0.2) is 0 Å². The minimum atomic E-state index is -4.65. The van der Waals surface area contributed by atoms with Crippen LogP contribution in [0.5, 0.6) is 0 Å². The predicted molar refractivity (Wildman–Crippen MR) is 46.8 cm³/mol. The van der Waals surface area contributed by atoms with E-state index in [1.807, 2.05) is 0 Å². The molecule has 0 aliphatic heterocycles. The van der Waals surface area contributed by atoms with Gasteiger partial charge in [-0.05, 0) is 6.92 Å². The molecule has 0 bridgehead atoms. The van der Waals surface area contributed by atoms with E-state index in [0.717, 1.165) is 6.92 Å². The van der Waals surface area contributed by atoms with Crippen LogP contribution in [-0.4, -0.2) is 106 Å². The monoisotopic (exact) mass is 254 g/mol. The Morgan fingerprint density at radius 2 is 1.75 bits per heavy atom. The molecule has 9 heteroatoms. The zero-order chi connectivity index (χ0) is 8.36. The van der Waals surface area contributed by atoms with Crippen LogP contribution >= 0.6 is 0 Å². The van der Waals surface area contributed by atoms with Crippen molar-refractivity contribution in [1.29, 1.82) is 0 Å². The summed E-state index contributed by atoms with van der Waals surface area (Å²) in [6.45, 7) is 0.982. The Hall–Kier alpha value is 1.86. The first-order chi connectivity index (χ1) is 4.33. The van der Waals surface area contributed by atoms with E-state index in [2.05, 4.69) is 4.18 Å². The van der Waals surface area contributed by atoms with Crippen molar-refractivity contribution in [2.75, 3.05) is 0 Å². The van der Waals surface area contributed by atoms with Gasteiger partial charge < -0.3 is 5.11 Å². The zero-order valence-corrected chi connectivity index (χ0v) is 5.83. The average Bonchev–Trinajstić information content (AvgIpc) is 1.60. The maximum atomic E-state index is 9.88. The molecule has 0 radical (unpaired) electrons. The van der Waals surface area contributed by atoms with E-state index >= 15 is 0 Å². The fraction of sp³-hybridized carbons (Fsp3) is 0.667. The Morgan fingerprint density at radius 1 is 1.42 bits per heavy atom. The molecule has 0 aromatic rings. The molecule has 0 rings (SSSR count). The Morgan fingerprint density at radius 3 is 1.83 bits per heavy atom. The average molecular weight is 254 g/mol. The standard InChI is InChI=1S/C3H6O6S.2Ca.4H/c1-2(3(4)5)9-10(6,7)8;;;;;;/h2H,1H3,(H,4,5)(H,6,7,8);;;;;;. The molecule has 0 aliphatic rings. The molecule has 2 N–H and O–H groups in total. The van der Waals surface area contributed by atoms with Crippen LogP contribution in [0, 0.1) is 0 Å². The molecule has 0 aliphatic carbocycles. The quantitative estimate of drug-likeness (QED) is 0.425. The summed E-state index contributed by atoms with van der Waals surface area (Å²) in [7, 11) is -4.65. The number of rotatable bonds is 3. The number of carbonyl (C=O) groups is 1. The van der Waals surface area contributed by atoms with E-state index in [-0.39, 0.29) is 75.5 Å². The molecule has 0 amide bonds. The molecular weight excluding hydrogens is 244 g/mol. The van der Waals surface area contributed by atoms with Gasteiger partial charge in [0.2, 0.25) is 0 Å². The molecule has 0 aromatic heterocycles. The van der Waals surface area contributed by atoms with Crippen LogP contribution in [0.4, 0.5) is 0 Å². The normalized spacial score (nSPS) is 12.2. The topological polar surface area (TPSA) is 101 Å². The predicted octanol–water partition coefficient (Wildman–Crippen LogP) is -2.55. The summed E-state index contributed by atoms with van der Waals surface area (Å²) in [5.74, 6) is -1.46. The Bertz CT molecular complexity index is 223. The minimum absolute atomic E-state index is 0. The maximum absolute atomic E-state index is 9.88. The number of carboxylic acids is 1. The van der Waals surface area contributed by atoms with Crippen molar-refractivity contribution in [2.45, 2.75) is 13.0 Å². The number of carboxylic acid groups (broad SMARTS) is 1. The fourth-order valence-electron chi connectivity index (χ4n) is 0.224. The Kier molecular flexibility index (Phi) is 13.3. The summed E-state index contributed by atoms with van der Waals surface area (Å²) in [4.78, 5) is 9.88. The van der Waals surface area contributed by atoms with Gasteiger partial charge in [-0.25, -0.2) is 8.98 Å². The molecule has 1 unspecified atom stereocenters. The molecule has 6 nitrogen and oxygen atoms in total. The molecule has 0 aromatic carbocycles. The van der Waals surface area contributed by atoms with E-state index in [1.54, 1.807) is 0 Å². The van der Waals surface area contributed by atoms with Crippen LogP contribution in [0.3, 0.4) is 0 Å². The molecule has 0 spiro atoms. The van der Waals surface area contributed by atoms with Gasteiger partial charge in [0.05, 0.1) is 0 Å². The summed E-state index contributed by atoms with van der Waals surface area (Å²) in [6, 6.07) is 0. The van der Waals surface area contributed by atoms with Crippen molar-refractivity contribution in [2.24, 2.45) is 0 Å². The van der Waals surface area contributed by atoms with Gasteiger partial charge in [-0.15, -0.1) is 0 Å². The molecular formula is C3H10Ca2O6S. The molecule has 68 valence electrons. The van der Waals surface area contributed by atoms with Gasteiger partial charge in [0.25, 0.3) is 0 Å². The summed E-state index contributed by atoms with van der Waals surface area (Å²) >= 11 is 0. The van der Waals surface area contributed by atoms with Crippen molar-refractivity contribution < 1.29 is 27.1 Å². The van der Waals surface area contributed by atoms with Gasteiger partial charge in [-0.1, -0.05) is 0 Å². The van der Waals surface area contributed by atoms with Crippen molar-refractivity contribution >= 4 is 91.8 Å². The van der Waals surface area contributed by atoms with Crippen molar-refractivity contribution in [3.8, 4) is 0 Å². The third-order valence-corrected chi connectivity index (χ3v) is 1.15. The molecule has 0 saturated heterocycles. The van der Waals surface area contributed by atoms with Crippen molar-refractivity contribution in [1.82, 2.24) is 0 Å². The van der Waals surface area contributed by atoms with E-state index in [0.29, 0.717) is 0 Å². The van der Waals surface area contributed by atoms with Gasteiger partial charge in [-0.2, -0.15) is 8.42 Å². The van der Waals surface area contributed by atoms with Crippen molar-refractivity contribution in [3.05, 3.63) is 0 Å².